The molecule has 0 fully saturated rings. The summed E-state index contributed by atoms with van der Waals surface area (Å²) in [5.41, 5.74) is 6.55. The molecule has 0 atom stereocenters. The third kappa shape index (κ3) is 4.37. The van der Waals surface area contributed by atoms with Crippen LogP contribution in [0.1, 0.15) is 13.3 Å². The minimum Gasteiger partial charge on any atom is -0.397 e. The zero-order valence-corrected chi connectivity index (χ0v) is 12.0. The lowest BCUT2D eigenvalue weighted by Crippen LogP contribution is -2.24. The van der Waals surface area contributed by atoms with Crippen LogP contribution in [0.4, 0.5) is 11.4 Å². The number of amides is 1. The average Bonchev–Trinajstić information content (AvgIpc) is 2.30. The van der Waals surface area contributed by atoms with Crippen LogP contribution >= 0.6 is 23.2 Å². The van der Waals surface area contributed by atoms with Crippen molar-refractivity contribution in [2.75, 3.05) is 31.2 Å². The number of carbonyl (C=O) groups is 1. The summed E-state index contributed by atoms with van der Waals surface area (Å²) < 4.78 is 0. The Morgan fingerprint density at radius 1 is 1.44 bits per heavy atom. The fourth-order valence-electron chi connectivity index (χ4n) is 1.38. The second-order valence-electron chi connectivity index (χ2n) is 4.05. The quantitative estimate of drug-likeness (QED) is 0.820. The summed E-state index contributed by atoms with van der Waals surface area (Å²) in [6.07, 6.45) is 0.392. The fourth-order valence-corrected chi connectivity index (χ4v) is 1.93. The first-order valence-corrected chi connectivity index (χ1v) is 6.42. The van der Waals surface area contributed by atoms with Gasteiger partial charge in [-0.1, -0.05) is 30.1 Å². The predicted octanol–water partition coefficient (Wildman–Crippen LogP) is 2.86. The zero-order chi connectivity index (χ0) is 13.7. The lowest BCUT2D eigenvalue weighted by molar-refractivity contribution is -0.116. The van der Waals surface area contributed by atoms with Crippen LogP contribution in [0.5, 0.6) is 0 Å². The predicted molar refractivity (Wildman–Crippen MR) is 77.3 cm³/mol. The van der Waals surface area contributed by atoms with E-state index in [1.165, 1.54) is 0 Å². The Labute approximate surface area is 117 Å². The van der Waals surface area contributed by atoms with E-state index < -0.39 is 0 Å². The molecule has 0 heterocycles. The molecule has 0 aliphatic rings. The van der Waals surface area contributed by atoms with Gasteiger partial charge in [0.05, 0.1) is 16.4 Å². The summed E-state index contributed by atoms with van der Waals surface area (Å²) in [5, 5.41) is 3.49. The third-order valence-corrected chi connectivity index (χ3v) is 3.13. The highest BCUT2D eigenvalue weighted by molar-refractivity contribution is 6.37. The standard InChI is InChI=1S/C12H17Cl2N3O/c1-3-17(2)5-4-11(18)16-12-9(14)6-8(13)7-10(12)15/h6-7H,3-5,15H2,1-2H3,(H,16,18). The van der Waals surface area contributed by atoms with Crippen LogP contribution in [0.2, 0.25) is 10.0 Å². The summed E-state index contributed by atoms with van der Waals surface area (Å²) in [6, 6.07) is 3.11. The molecule has 1 aromatic carbocycles. The highest BCUT2D eigenvalue weighted by Gasteiger charge is 2.11. The molecule has 0 aromatic heterocycles. The molecule has 0 bridgehead atoms. The molecule has 0 radical (unpaired) electrons. The highest BCUT2D eigenvalue weighted by Crippen LogP contribution is 2.32. The van der Waals surface area contributed by atoms with Gasteiger partial charge in [-0.05, 0) is 25.7 Å². The first-order valence-electron chi connectivity index (χ1n) is 5.67. The topological polar surface area (TPSA) is 58.4 Å². The second kappa shape index (κ2) is 6.83. The number of benzene rings is 1. The molecule has 4 nitrogen and oxygen atoms in total. The van der Waals surface area contributed by atoms with E-state index in [1.807, 2.05) is 18.9 Å². The van der Waals surface area contributed by atoms with Crippen molar-refractivity contribution in [2.45, 2.75) is 13.3 Å². The van der Waals surface area contributed by atoms with Crippen molar-refractivity contribution < 1.29 is 4.79 Å². The van der Waals surface area contributed by atoms with Crippen LogP contribution < -0.4 is 11.1 Å². The molecule has 0 saturated heterocycles. The first kappa shape index (κ1) is 15.1. The van der Waals surface area contributed by atoms with Gasteiger partial charge < -0.3 is 16.0 Å². The number of nitrogen functional groups attached to an aromatic ring is 1. The number of carbonyl (C=O) groups excluding carboxylic acids is 1. The number of nitrogens with two attached hydrogens (primary N) is 1. The van der Waals surface area contributed by atoms with Crippen molar-refractivity contribution >= 4 is 40.5 Å². The largest absolute Gasteiger partial charge is 0.397 e. The molecule has 0 aliphatic heterocycles. The second-order valence-corrected chi connectivity index (χ2v) is 4.89. The van der Waals surface area contributed by atoms with E-state index in [2.05, 4.69) is 5.32 Å². The first-order chi connectivity index (χ1) is 8.43. The summed E-state index contributed by atoms with van der Waals surface area (Å²) in [4.78, 5) is 13.8. The number of anilines is 2. The van der Waals surface area contributed by atoms with Gasteiger partial charge in [0.15, 0.2) is 0 Å². The molecule has 3 N–H and O–H groups in total. The molecular weight excluding hydrogens is 273 g/mol. The van der Waals surface area contributed by atoms with E-state index in [-0.39, 0.29) is 5.91 Å². The average molecular weight is 290 g/mol. The fraction of sp³-hybridized carbons (Fsp3) is 0.417. The Morgan fingerprint density at radius 2 is 2.11 bits per heavy atom. The summed E-state index contributed by atoms with van der Waals surface area (Å²) in [6.45, 7) is 3.62. The Morgan fingerprint density at radius 3 is 2.67 bits per heavy atom. The third-order valence-electron chi connectivity index (χ3n) is 2.61. The van der Waals surface area contributed by atoms with Crippen molar-refractivity contribution in [1.82, 2.24) is 4.90 Å². The van der Waals surface area contributed by atoms with Crippen LogP contribution in [-0.2, 0) is 4.79 Å². The zero-order valence-electron chi connectivity index (χ0n) is 10.5. The van der Waals surface area contributed by atoms with Gasteiger partial charge in [0, 0.05) is 18.0 Å². The van der Waals surface area contributed by atoms with E-state index in [0.29, 0.717) is 34.4 Å². The number of nitrogens with zero attached hydrogens (tertiary/aromatic N) is 1. The maximum atomic E-state index is 11.7. The number of rotatable bonds is 5. The summed E-state index contributed by atoms with van der Waals surface area (Å²) in [7, 11) is 1.96. The lowest BCUT2D eigenvalue weighted by atomic mass is 10.2. The summed E-state index contributed by atoms with van der Waals surface area (Å²) >= 11 is 11.8. The molecule has 1 aromatic rings. The molecule has 6 heteroatoms. The minimum absolute atomic E-state index is 0.119. The Balaban J connectivity index is 2.65. The van der Waals surface area contributed by atoms with Crippen LogP contribution in [0.25, 0.3) is 0 Å². The van der Waals surface area contributed by atoms with E-state index in [1.54, 1.807) is 12.1 Å². The molecule has 0 saturated carbocycles. The maximum absolute atomic E-state index is 11.7. The number of hydrogen-bond acceptors (Lipinski definition) is 3. The van der Waals surface area contributed by atoms with Gasteiger partial charge in [-0.2, -0.15) is 0 Å². The molecule has 0 unspecified atom stereocenters. The van der Waals surface area contributed by atoms with Crippen LogP contribution in [-0.4, -0.2) is 30.9 Å². The van der Waals surface area contributed by atoms with E-state index in [9.17, 15) is 4.79 Å². The number of halogens is 2. The number of nitrogens with one attached hydrogen (secondary N) is 1. The SMILES string of the molecule is CCN(C)CCC(=O)Nc1c(N)cc(Cl)cc1Cl. The van der Waals surface area contributed by atoms with Gasteiger partial charge in [0.1, 0.15) is 0 Å². The van der Waals surface area contributed by atoms with Gasteiger partial charge in [0.2, 0.25) is 5.91 Å². The Kier molecular flexibility index (Phi) is 5.72. The van der Waals surface area contributed by atoms with Crippen molar-refractivity contribution in [3.05, 3.63) is 22.2 Å². The normalized spacial score (nSPS) is 10.7. The van der Waals surface area contributed by atoms with Gasteiger partial charge >= 0.3 is 0 Å². The molecular formula is C12H17Cl2N3O. The lowest BCUT2D eigenvalue weighted by Gasteiger charge is -2.14. The van der Waals surface area contributed by atoms with Gasteiger partial charge in [0.25, 0.3) is 0 Å². The molecule has 1 amide bonds. The molecule has 18 heavy (non-hydrogen) atoms. The van der Waals surface area contributed by atoms with Crippen LogP contribution in [0.15, 0.2) is 12.1 Å². The molecule has 0 aliphatic carbocycles. The van der Waals surface area contributed by atoms with E-state index >= 15 is 0 Å². The van der Waals surface area contributed by atoms with Crippen LogP contribution in [0, 0.1) is 0 Å². The Bertz CT molecular complexity index is 414. The van der Waals surface area contributed by atoms with Crippen molar-refractivity contribution in [1.29, 1.82) is 0 Å². The van der Waals surface area contributed by atoms with Crippen LogP contribution in [0.3, 0.4) is 0 Å². The smallest absolute Gasteiger partial charge is 0.225 e. The van der Waals surface area contributed by atoms with Gasteiger partial charge in [-0.3, -0.25) is 4.79 Å². The monoisotopic (exact) mass is 289 g/mol. The molecule has 1 rings (SSSR count). The van der Waals surface area contributed by atoms with Crippen molar-refractivity contribution in [3.8, 4) is 0 Å². The molecule has 100 valence electrons. The maximum Gasteiger partial charge on any atom is 0.225 e. The minimum atomic E-state index is -0.119. The number of hydrogen-bond donors (Lipinski definition) is 2. The van der Waals surface area contributed by atoms with E-state index in [0.717, 1.165) is 6.54 Å². The van der Waals surface area contributed by atoms with Gasteiger partial charge in [-0.15, -0.1) is 0 Å². The van der Waals surface area contributed by atoms with Crippen molar-refractivity contribution in [2.24, 2.45) is 0 Å². The van der Waals surface area contributed by atoms with Crippen molar-refractivity contribution in [3.63, 3.8) is 0 Å². The van der Waals surface area contributed by atoms with Gasteiger partial charge in [-0.25, -0.2) is 0 Å². The highest BCUT2D eigenvalue weighted by atomic mass is 35.5. The molecule has 0 spiro atoms. The van der Waals surface area contributed by atoms with E-state index in [4.69, 9.17) is 28.9 Å². The summed E-state index contributed by atoms with van der Waals surface area (Å²) in [5.74, 6) is -0.119. The Hall–Kier alpha value is -0.970.